The second kappa shape index (κ2) is 8.85. The number of aromatic nitrogens is 2. The Morgan fingerprint density at radius 1 is 1.03 bits per heavy atom. The molecule has 0 unspecified atom stereocenters. The van der Waals surface area contributed by atoms with Crippen LogP contribution in [0, 0.1) is 5.82 Å². The molecule has 7 nitrogen and oxygen atoms in total. The Labute approximate surface area is 181 Å². The summed E-state index contributed by atoms with van der Waals surface area (Å²) in [5, 5.41) is 5.14. The summed E-state index contributed by atoms with van der Waals surface area (Å²) in [5.41, 5.74) is 1.65. The van der Waals surface area contributed by atoms with Gasteiger partial charge in [-0.05, 0) is 42.5 Å². The van der Waals surface area contributed by atoms with Gasteiger partial charge in [-0.15, -0.1) is 0 Å². The van der Waals surface area contributed by atoms with Crippen molar-refractivity contribution in [3.63, 3.8) is 0 Å². The number of hydrogen-bond acceptors (Lipinski definition) is 4. The zero-order valence-electron chi connectivity index (χ0n) is 16.0. The number of anilines is 2. The fourth-order valence-electron chi connectivity index (χ4n) is 2.87. The van der Waals surface area contributed by atoms with E-state index < -0.39 is 11.8 Å². The molecule has 0 saturated heterocycles. The lowest BCUT2D eigenvalue weighted by molar-refractivity contribution is 0.262. The molecule has 4 aromatic rings. The molecule has 0 radical (unpaired) electrons. The van der Waals surface area contributed by atoms with Gasteiger partial charge in [0.2, 0.25) is 0 Å². The highest BCUT2D eigenvalue weighted by Gasteiger charge is 2.07. The summed E-state index contributed by atoms with van der Waals surface area (Å²) >= 11 is 5.72. The number of benzene rings is 2. The maximum atomic E-state index is 13.2. The van der Waals surface area contributed by atoms with E-state index in [0.717, 1.165) is 0 Å². The molecule has 9 heteroatoms. The van der Waals surface area contributed by atoms with E-state index in [9.17, 15) is 14.0 Å². The monoisotopic (exact) mass is 438 g/mol. The fraction of sp³-hybridized carbons (Fsp3) is 0.0455. The van der Waals surface area contributed by atoms with Crippen molar-refractivity contribution < 1.29 is 13.9 Å². The average molecular weight is 439 g/mol. The minimum Gasteiger partial charge on any atom is -0.487 e. The van der Waals surface area contributed by atoms with Crippen molar-refractivity contribution in [1.82, 2.24) is 9.38 Å². The lowest BCUT2D eigenvalue weighted by Crippen LogP contribution is -2.19. The van der Waals surface area contributed by atoms with Crippen LogP contribution in [0.5, 0.6) is 5.75 Å². The molecule has 0 fully saturated rings. The molecule has 2 aromatic heterocycles. The number of rotatable bonds is 5. The largest absolute Gasteiger partial charge is 0.487 e. The molecular weight excluding hydrogens is 423 g/mol. The minimum atomic E-state index is -0.568. The van der Waals surface area contributed by atoms with Crippen molar-refractivity contribution in [3.8, 4) is 5.75 Å². The number of fused-ring (bicyclic) bond motifs is 1. The van der Waals surface area contributed by atoms with Gasteiger partial charge in [-0.25, -0.2) is 14.2 Å². The van der Waals surface area contributed by atoms with E-state index in [1.54, 1.807) is 48.7 Å². The molecule has 4 rings (SSSR count). The number of carbonyl (C=O) groups is 1. The van der Waals surface area contributed by atoms with E-state index in [0.29, 0.717) is 28.5 Å². The van der Waals surface area contributed by atoms with E-state index >= 15 is 0 Å². The van der Waals surface area contributed by atoms with Gasteiger partial charge in [0.15, 0.2) is 0 Å². The van der Waals surface area contributed by atoms with Crippen molar-refractivity contribution in [2.45, 2.75) is 6.61 Å². The van der Waals surface area contributed by atoms with E-state index in [1.807, 2.05) is 0 Å². The first-order valence-corrected chi connectivity index (χ1v) is 9.59. The van der Waals surface area contributed by atoms with Crippen molar-refractivity contribution in [1.29, 1.82) is 0 Å². The number of ether oxygens (including phenoxy) is 1. The molecular formula is C22H16ClFN4O3. The summed E-state index contributed by atoms with van der Waals surface area (Å²) in [7, 11) is 0. The predicted molar refractivity (Wildman–Crippen MR) is 116 cm³/mol. The van der Waals surface area contributed by atoms with Crippen LogP contribution < -0.4 is 20.9 Å². The van der Waals surface area contributed by atoms with Crippen molar-refractivity contribution in [3.05, 3.63) is 99.8 Å². The molecule has 0 aliphatic rings. The van der Waals surface area contributed by atoms with E-state index in [2.05, 4.69) is 15.6 Å². The molecule has 156 valence electrons. The Morgan fingerprint density at radius 3 is 2.65 bits per heavy atom. The molecule has 0 aliphatic heterocycles. The summed E-state index contributed by atoms with van der Waals surface area (Å²) < 4.78 is 20.4. The zero-order chi connectivity index (χ0) is 21.8. The third-order valence-electron chi connectivity index (χ3n) is 4.28. The third kappa shape index (κ3) is 4.99. The fourth-order valence-corrected chi connectivity index (χ4v) is 3.05. The molecule has 0 bridgehead atoms. The number of carbonyl (C=O) groups excluding carboxylic acids is 1. The smallest absolute Gasteiger partial charge is 0.323 e. The van der Waals surface area contributed by atoms with Crippen molar-refractivity contribution >= 4 is 34.7 Å². The Balaban J connectivity index is 1.40. The number of nitrogens with one attached hydrogen (secondary N) is 2. The Bertz CT molecular complexity index is 1330. The average Bonchev–Trinajstić information content (AvgIpc) is 2.75. The van der Waals surface area contributed by atoms with Crippen LogP contribution in [0.1, 0.15) is 5.69 Å². The van der Waals surface area contributed by atoms with Crippen LogP contribution in [0.4, 0.5) is 20.6 Å². The number of urea groups is 1. The first kappa shape index (κ1) is 20.4. The van der Waals surface area contributed by atoms with Crippen LogP contribution >= 0.6 is 11.6 Å². The van der Waals surface area contributed by atoms with Gasteiger partial charge in [0.1, 0.15) is 23.8 Å². The lowest BCUT2D eigenvalue weighted by Gasteiger charge is -2.11. The van der Waals surface area contributed by atoms with Gasteiger partial charge in [-0.1, -0.05) is 23.7 Å². The highest BCUT2D eigenvalue weighted by Crippen LogP contribution is 2.21. The molecule has 2 N–H and O–H groups in total. The van der Waals surface area contributed by atoms with Gasteiger partial charge >= 0.3 is 6.03 Å². The third-order valence-corrected chi connectivity index (χ3v) is 4.57. The highest BCUT2D eigenvalue weighted by molar-refractivity contribution is 6.31. The maximum absolute atomic E-state index is 13.2. The molecule has 2 heterocycles. The van der Waals surface area contributed by atoms with Gasteiger partial charge in [0, 0.05) is 29.7 Å². The van der Waals surface area contributed by atoms with Crippen LogP contribution in [0.25, 0.3) is 5.65 Å². The van der Waals surface area contributed by atoms with Crippen molar-refractivity contribution in [2.24, 2.45) is 0 Å². The van der Waals surface area contributed by atoms with Crippen LogP contribution in [-0.2, 0) is 6.61 Å². The van der Waals surface area contributed by atoms with Crippen LogP contribution in [0.15, 0.2) is 77.7 Å². The van der Waals surface area contributed by atoms with Crippen LogP contribution in [-0.4, -0.2) is 15.4 Å². The topological polar surface area (TPSA) is 84.7 Å². The number of hydrogen-bond donors (Lipinski definition) is 2. The zero-order valence-corrected chi connectivity index (χ0v) is 16.8. The second-order valence-corrected chi connectivity index (χ2v) is 6.95. The van der Waals surface area contributed by atoms with Gasteiger partial charge in [0.05, 0.1) is 10.7 Å². The molecule has 2 aromatic carbocycles. The highest BCUT2D eigenvalue weighted by atomic mass is 35.5. The molecule has 31 heavy (non-hydrogen) atoms. The molecule has 2 amide bonds. The van der Waals surface area contributed by atoms with Gasteiger partial charge in [-0.2, -0.15) is 0 Å². The Kier molecular flexibility index (Phi) is 5.81. The first-order chi connectivity index (χ1) is 15.0. The predicted octanol–water partition coefficient (Wildman–Crippen LogP) is 4.71. The quantitative estimate of drug-likeness (QED) is 0.472. The maximum Gasteiger partial charge on any atom is 0.323 e. The summed E-state index contributed by atoms with van der Waals surface area (Å²) in [5.74, 6) is -0.0845. The summed E-state index contributed by atoms with van der Waals surface area (Å²) in [6.07, 6.45) is 1.65. The molecule has 0 aliphatic carbocycles. The number of amides is 2. The van der Waals surface area contributed by atoms with Crippen LogP contribution in [0.3, 0.4) is 0 Å². The van der Waals surface area contributed by atoms with E-state index in [-0.39, 0.29) is 17.2 Å². The van der Waals surface area contributed by atoms with Gasteiger partial charge in [0.25, 0.3) is 5.56 Å². The first-order valence-electron chi connectivity index (χ1n) is 9.21. The SMILES string of the molecule is O=C(Nc1cccc(OCc2cc(=O)n3ccccc3n2)c1)Nc1ccc(F)c(Cl)c1. The standard InChI is InChI=1S/C22H16ClFN4O3/c23-18-11-15(7-8-19(18)24)27-22(30)26-14-4-3-5-17(10-14)31-13-16-12-21(29)28-9-2-1-6-20(28)25-16/h1-12H,13H2,(H2,26,27,30). The van der Waals surface area contributed by atoms with Crippen LogP contribution in [0.2, 0.25) is 5.02 Å². The van der Waals surface area contributed by atoms with E-state index in [4.69, 9.17) is 16.3 Å². The second-order valence-electron chi connectivity index (χ2n) is 6.54. The van der Waals surface area contributed by atoms with Crippen molar-refractivity contribution in [2.75, 3.05) is 10.6 Å². The molecule has 0 spiro atoms. The summed E-state index contributed by atoms with van der Waals surface area (Å²) in [6.45, 7) is 0.0877. The minimum absolute atomic E-state index is 0.0877. The van der Waals surface area contributed by atoms with Gasteiger partial charge < -0.3 is 15.4 Å². The number of nitrogens with zero attached hydrogens (tertiary/aromatic N) is 2. The summed E-state index contributed by atoms with van der Waals surface area (Å²) in [4.78, 5) is 28.7. The molecule has 0 saturated carbocycles. The van der Waals surface area contributed by atoms with E-state index in [1.165, 1.54) is 28.7 Å². The molecule has 0 atom stereocenters. The lowest BCUT2D eigenvalue weighted by atomic mass is 10.3. The number of pyridine rings is 1. The number of halogens is 2. The Hall–Kier alpha value is -3.91. The Morgan fingerprint density at radius 2 is 1.84 bits per heavy atom. The summed E-state index contributed by atoms with van der Waals surface area (Å²) in [6, 6.07) is 16.8. The normalized spacial score (nSPS) is 10.6. The van der Waals surface area contributed by atoms with Gasteiger partial charge in [-0.3, -0.25) is 9.20 Å².